The van der Waals surface area contributed by atoms with Crippen LogP contribution in [0.3, 0.4) is 0 Å². The Kier molecular flexibility index (Phi) is 4.74. The van der Waals surface area contributed by atoms with Gasteiger partial charge in [-0.2, -0.15) is 8.78 Å². The lowest BCUT2D eigenvalue weighted by Crippen LogP contribution is -2.43. The van der Waals surface area contributed by atoms with Gasteiger partial charge in [0, 0.05) is 18.0 Å². The second kappa shape index (κ2) is 6.07. The number of hydrogen-bond donors (Lipinski definition) is 1. The molecule has 0 aliphatic carbocycles. The molecule has 0 spiro atoms. The lowest BCUT2D eigenvalue weighted by Gasteiger charge is -2.14. The van der Waals surface area contributed by atoms with Crippen LogP contribution in [0.2, 0.25) is 0 Å². The number of carbonyl (C=O) groups excluding carboxylic acids is 2. The molecule has 0 unspecified atom stereocenters. The SMILES string of the molecule is CCOC(=O)C(F)(F)C(=O)Nc1ccnc(OC)c1. The van der Waals surface area contributed by atoms with Crippen molar-refractivity contribution >= 4 is 17.6 Å². The van der Waals surface area contributed by atoms with E-state index in [1.165, 1.54) is 32.4 Å². The van der Waals surface area contributed by atoms with E-state index in [2.05, 4.69) is 9.72 Å². The Morgan fingerprint density at radius 2 is 2.16 bits per heavy atom. The number of anilines is 1. The molecule has 0 aromatic carbocycles. The number of methoxy groups -OCH3 is 1. The van der Waals surface area contributed by atoms with Crippen LogP contribution < -0.4 is 10.1 Å². The van der Waals surface area contributed by atoms with Crippen LogP contribution in [0.1, 0.15) is 6.92 Å². The lowest BCUT2D eigenvalue weighted by molar-refractivity contribution is -0.175. The summed E-state index contributed by atoms with van der Waals surface area (Å²) >= 11 is 0. The molecule has 1 aromatic heterocycles. The van der Waals surface area contributed by atoms with E-state index < -0.39 is 17.8 Å². The molecule has 1 aromatic rings. The fourth-order valence-electron chi connectivity index (χ4n) is 1.12. The van der Waals surface area contributed by atoms with Gasteiger partial charge in [0.25, 0.3) is 0 Å². The first kappa shape index (κ1) is 14.8. The van der Waals surface area contributed by atoms with Crippen LogP contribution in [0.4, 0.5) is 14.5 Å². The van der Waals surface area contributed by atoms with Crippen molar-refractivity contribution in [1.82, 2.24) is 4.98 Å². The Balaban J connectivity index is 2.80. The highest BCUT2D eigenvalue weighted by molar-refractivity contribution is 6.10. The molecule has 0 fully saturated rings. The number of esters is 1. The number of pyridine rings is 1. The fraction of sp³-hybridized carbons (Fsp3) is 0.364. The van der Waals surface area contributed by atoms with Crippen LogP contribution in [-0.4, -0.2) is 36.5 Å². The summed E-state index contributed by atoms with van der Waals surface area (Å²) in [7, 11) is 1.33. The minimum absolute atomic E-state index is 0.0285. The summed E-state index contributed by atoms with van der Waals surface area (Å²) in [4.78, 5) is 26.0. The molecule has 0 bridgehead atoms. The number of alkyl halides is 2. The first-order valence-electron chi connectivity index (χ1n) is 5.28. The molecule has 8 heteroatoms. The van der Waals surface area contributed by atoms with Gasteiger partial charge >= 0.3 is 17.8 Å². The third kappa shape index (κ3) is 3.60. The van der Waals surface area contributed by atoms with E-state index in [0.29, 0.717) is 0 Å². The molecular weight excluding hydrogens is 262 g/mol. The lowest BCUT2D eigenvalue weighted by atomic mass is 10.3. The zero-order chi connectivity index (χ0) is 14.5. The number of rotatable bonds is 5. The first-order valence-corrected chi connectivity index (χ1v) is 5.28. The first-order chi connectivity index (χ1) is 8.91. The quantitative estimate of drug-likeness (QED) is 0.645. The van der Waals surface area contributed by atoms with Crippen LogP contribution in [0.5, 0.6) is 5.88 Å². The summed E-state index contributed by atoms with van der Waals surface area (Å²) in [5, 5.41) is 1.89. The van der Waals surface area contributed by atoms with Crippen molar-refractivity contribution in [3.8, 4) is 5.88 Å². The highest BCUT2D eigenvalue weighted by atomic mass is 19.3. The van der Waals surface area contributed by atoms with Crippen molar-refractivity contribution in [2.24, 2.45) is 0 Å². The maximum absolute atomic E-state index is 13.3. The second-order valence-electron chi connectivity index (χ2n) is 3.34. The molecule has 0 saturated heterocycles. The molecule has 1 N–H and O–H groups in total. The second-order valence-corrected chi connectivity index (χ2v) is 3.34. The van der Waals surface area contributed by atoms with Crippen molar-refractivity contribution in [1.29, 1.82) is 0 Å². The number of ether oxygens (including phenoxy) is 2. The van der Waals surface area contributed by atoms with Crippen LogP contribution in [0.15, 0.2) is 18.3 Å². The molecule has 1 heterocycles. The summed E-state index contributed by atoms with van der Waals surface area (Å²) in [5.74, 6) is -7.79. The highest BCUT2D eigenvalue weighted by Crippen LogP contribution is 2.20. The van der Waals surface area contributed by atoms with Gasteiger partial charge in [-0.25, -0.2) is 9.78 Å². The third-order valence-corrected chi connectivity index (χ3v) is 2.02. The summed E-state index contributed by atoms with van der Waals surface area (Å²) in [5.41, 5.74) is 0.0285. The molecule has 104 valence electrons. The van der Waals surface area contributed by atoms with Crippen molar-refractivity contribution in [3.63, 3.8) is 0 Å². The maximum atomic E-state index is 13.3. The Morgan fingerprint density at radius 3 is 2.74 bits per heavy atom. The number of amides is 1. The largest absolute Gasteiger partial charge is 0.481 e. The zero-order valence-corrected chi connectivity index (χ0v) is 10.3. The fourth-order valence-corrected chi connectivity index (χ4v) is 1.12. The van der Waals surface area contributed by atoms with Crippen molar-refractivity contribution in [2.75, 3.05) is 19.0 Å². The van der Waals surface area contributed by atoms with Crippen LogP contribution in [-0.2, 0) is 14.3 Å². The molecular formula is C11H12F2N2O4. The zero-order valence-electron chi connectivity index (χ0n) is 10.3. The van der Waals surface area contributed by atoms with Crippen LogP contribution >= 0.6 is 0 Å². The molecule has 0 atom stereocenters. The Bertz CT molecular complexity index is 480. The average Bonchev–Trinajstić information content (AvgIpc) is 2.39. The Morgan fingerprint density at radius 1 is 1.47 bits per heavy atom. The molecule has 0 aliphatic heterocycles. The van der Waals surface area contributed by atoms with Gasteiger partial charge < -0.3 is 14.8 Å². The third-order valence-electron chi connectivity index (χ3n) is 2.02. The monoisotopic (exact) mass is 274 g/mol. The summed E-state index contributed by atoms with van der Waals surface area (Å²) < 4.78 is 35.6. The van der Waals surface area contributed by atoms with Crippen molar-refractivity contribution in [2.45, 2.75) is 12.8 Å². The van der Waals surface area contributed by atoms with Crippen LogP contribution in [0.25, 0.3) is 0 Å². The number of nitrogens with zero attached hydrogens (tertiary/aromatic N) is 1. The topological polar surface area (TPSA) is 77.5 Å². The molecule has 0 saturated carbocycles. The van der Waals surface area contributed by atoms with E-state index >= 15 is 0 Å². The van der Waals surface area contributed by atoms with Crippen LogP contribution in [0, 0.1) is 0 Å². The smallest absolute Gasteiger partial charge is 0.419 e. The highest BCUT2D eigenvalue weighted by Gasteiger charge is 2.49. The van der Waals surface area contributed by atoms with Gasteiger partial charge in [0.15, 0.2) is 0 Å². The minimum Gasteiger partial charge on any atom is -0.481 e. The molecule has 0 aliphatic rings. The molecule has 19 heavy (non-hydrogen) atoms. The molecule has 1 amide bonds. The maximum Gasteiger partial charge on any atom is 0.419 e. The van der Waals surface area contributed by atoms with E-state index in [-0.39, 0.29) is 18.2 Å². The normalized spacial score (nSPS) is 10.7. The predicted molar refractivity (Wildman–Crippen MR) is 61.0 cm³/mol. The Hall–Kier alpha value is -2.25. The van der Waals surface area contributed by atoms with Crippen molar-refractivity contribution < 1.29 is 27.8 Å². The van der Waals surface area contributed by atoms with E-state index in [1.54, 1.807) is 0 Å². The van der Waals surface area contributed by atoms with E-state index in [4.69, 9.17) is 4.74 Å². The van der Waals surface area contributed by atoms with E-state index in [1.807, 2.05) is 5.32 Å². The number of nitrogens with one attached hydrogen (secondary N) is 1. The number of hydrogen-bond acceptors (Lipinski definition) is 5. The van der Waals surface area contributed by atoms with Crippen molar-refractivity contribution in [3.05, 3.63) is 18.3 Å². The number of aromatic nitrogens is 1. The predicted octanol–water partition coefficient (Wildman–Crippen LogP) is 1.23. The molecule has 0 radical (unpaired) electrons. The summed E-state index contributed by atoms with van der Waals surface area (Å²) in [6.07, 6.45) is 1.26. The number of halogens is 2. The van der Waals surface area contributed by atoms with Gasteiger partial charge in [0.05, 0.1) is 13.7 Å². The standard InChI is InChI=1S/C11H12F2N2O4/c1-3-19-10(17)11(12,13)9(16)15-7-4-5-14-8(6-7)18-2/h4-6H,3H2,1-2H3,(H,14,15,16). The van der Waals surface area contributed by atoms with E-state index in [0.717, 1.165) is 0 Å². The van der Waals surface area contributed by atoms with Gasteiger partial charge in [-0.15, -0.1) is 0 Å². The van der Waals surface area contributed by atoms with Gasteiger partial charge in [-0.3, -0.25) is 4.79 Å². The molecule has 6 nitrogen and oxygen atoms in total. The van der Waals surface area contributed by atoms with Gasteiger partial charge in [0.1, 0.15) is 0 Å². The summed E-state index contributed by atoms with van der Waals surface area (Å²) in [6, 6.07) is 2.51. The summed E-state index contributed by atoms with van der Waals surface area (Å²) in [6.45, 7) is 1.12. The Labute approximate surface area is 107 Å². The minimum atomic E-state index is -4.26. The van der Waals surface area contributed by atoms with E-state index in [9.17, 15) is 18.4 Å². The average molecular weight is 274 g/mol. The number of carbonyl (C=O) groups is 2. The van der Waals surface area contributed by atoms with Gasteiger partial charge in [-0.1, -0.05) is 0 Å². The van der Waals surface area contributed by atoms with Gasteiger partial charge in [-0.05, 0) is 13.0 Å². The van der Waals surface area contributed by atoms with Gasteiger partial charge in [0.2, 0.25) is 5.88 Å². The molecule has 1 rings (SSSR count).